The van der Waals surface area contributed by atoms with E-state index < -0.39 is 0 Å². The fraction of sp³-hybridized carbons (Fsp3) is 0.143. The first kappa shape index (κ1) is 17.7. The van der Waals surface area contributed by atoms with Crippen LogP contribution in [0.1, 0.15) is 17.4 Å². The predicted molar refractivity (Wildman–Crippen MR) is 118 cm³/mol. The number of hydrogen-bond donors (Lipinski definition) is 1. The molecule has 0 radical (unpaired) electrons. The highest BCUT2D eigenvalue weighted by atomic mass is 32.1. The van der Waals surface area contributed by atoms with E-state index in [1.165, 1.54) is 11.3 Å². The Morgan fingerprint density at radius 2 is 1.81 bits per heavy atom. The molecule has 6 heteroatoms. The molecule has 0 aliphatic carbocycles. The summed E-state index contributed by atoms with van der Waals surface area (Å²) in [7, 11) is 3.99. The van der Waals surface area contributed by atoms with E-state index in [1.54, 1.807) is 4.57 Å². The summed E-state index contributed by atoms with van der Waals surface area (Å²) in [6, 6.07) is 16.0. The number of thiazole rings is 1. The second-order valence-electron chi connectivity index (χ2n) is 6.57. The SMILES string of the molecule is CC1=Nc2ccccc2C1=Cc1sc(=S)n(-c2ccc(N(C)C)cc2)c1O. The fourth-order valence-corrected chi connectivity index (χ4v) is 4.44. The first-order valence-electron chi connectivity index (χ1n) is 8.55. The molecule has 0 saturated carbocycles. The molecule has 0 atom stereocenters. The number of aliphatic imine (C=N–C) groups is 1. The molecule has 2 aromatic carbocycles. The topological polar surface area (TPSA) is 40.8 Å². The van der Waals surface area contributed by atoms with Crippen molar-refractivity contribution in [1.82, 2.24) is 4.57 Å². The summed E-state index contributed by atoms with van der Waals surface area (Å²) in [6.07, 6.45) is 1.98. The van der Waals surface area contributed by atoms with Gasteiger partial charge in [-0.05, 0) is 55.5 Å². The fourth-order valence-electron chi connectivity index (χ4n) is 3.15. The lowest BCUT2D eigenvalue weighted by Gasteiger charge is -2.13. The van der Waals surface area contributed by atoms with E-state index in [9.17, 15) is 5.11 Å². The van der Waals surface area contributed by atoms with E-state index in [1.807, 2.05) is 74.5 Å². The number of rotatable bonds is 3. The number of fused-ring (bicyclic) bond motifs is 1. The summed E-state index contributed by atoms with van der Waals surface area (Å²) in [6.45, 7) is 1.99. The molecule has 1 aliphatic heterocycles. The van der Waals surface area contributed by atoms with Crippen molar-refractivity contribution in [2.24, 2.45) is 4.99 Å². The lowest BCUT2D eigenvalue weighted by Crippen LogP contribution is -2.08. The quantitative estimate of drug-likeness (QED) is 0.582. The van der Waals surface area contributed by atoms with E-state index in [-0.39, 0.29) is 5.88 Å². The summed E-state index contributed by atoms with van der Waals surface area (Å²) in [5.41, 5.74) is 5.95. The van der Waals surface area contributed by atoms with Crippen molar-refractivity contribution < 1.29 is 5.11 Å². The van der Waals surface area contributed by atoms with Crippen LogP contribution in [0.5, 0.6) is 5.88 Å². The molecule has 0 saturated heterocycles. The minimum absolute atomic E-state index is 0.160. The van der Waals surface area contributed by atoms with Gasteiger partial charge in [-0.15, -0.1) is 11.3 Å². The molecule has 0 unspecified atom stereocenters. The molecule has 1 aliphatic rings. The van der Waals surface area contributed by atoms with Crippen molar-refractivity contribution in [3.05, 3.63) is 62.9 Å². The number of anilines is 1. The number of allylic oxidation sites excluding steroid dienone is 1. The van der Waals surface area contributed by atoms with Gasteiger partial charge in [-0.3, -0.25) is 9.56 Å². The van der Waals surface area contributed by atoms with Crippen LogP contribution in [0.25, 0.3) is 17.3 Å². The Kier molecular flexibility index (Phi) is 4.45. The van der Waals surface area contributed by atoms with Gasteiger partial charge in [-0.25, -0.2) is 0 Å². The second-order valence-corrected chi connectivity index (χ2v) is 8.25. The summed E-state index contributed by atoms with van der Waals surface area (Å²) in [5.74, 6) is 0.160. The molecule has 4 nitrogen and oxygen atoms in total. The van der Waals surface area contributed by atoms with Gasteiger partial charge in [0, 0.05) is 36.6 Å². The smallest absolute Gasteiger partial charge is 0.215 e. The second kappa shape index (κ2) is 6.79. The third-order valence-electron chi connectivity index (χ3n) is 4.58. The van der Waals surface area contributed by atoms with Gasteiger partial charge in [0.25, 0.3) is 0 Å². The average molecular weight is 394 g/mol. The van der Waals surface area contributed by atoms with Crippen LogP contribution in [-0.2, 0) is 0 Å². The van der Waals surface area contributed by atoms with E-state index >= 15 is 0 Å². The summed E-state index contributed by atoms with van der Waals surface area (Å²) >= 11 is 6.92. The molecule has 1 aromatic heterocycles. The standard InChI is InChI=1S/C21H19N3OS2/c1-13-17(16-6-4-5-7-18(16)22-13)12-19-20(25)24(21(26)27-19)15-10-8-14(9-11-15)23(2)3/h4-12,25H,1-3H3. The van der Waals surface area contributed by atoms with Crippen LogP contribution in [0, 0.1) is 3.95 Å². The molecule has 0 spiro atoms. The minimum atomic E-state index is 0.160. The maximum atomic E-state index is 10.8. The lowest BCUT2D eigenvalue weighted by molar-refractivity contribution is 0.441. The highest BCUT2D eigenvalue weighted by Gasteiger charge is 2.19. The number of para-hydroxylation sites is 1. The van der Waals surface area contributed by atoms with Crippen LogP contribution in [0.3, 0.4) is 0 Å². The molecule has 1 N–H and O–H groups in total. The van der Waals surface area contributed by atoms with Crippen molar-refractivity contribution in [2.75, 3.05) is 19.0 Å². The molecule has 0 fully saturated rings. The van der Waals surface area contributed by atoms with Gasteiger partial charge >= 0.3 is 0 Å². The molecule has 27 heavy (non-hydrogen) atoms. The summed E-state index contributed by atoms with van der Waals surface area (Å²) < 4.78 is 2.32. The first-order chi connectivity index (χ1) is 13.0. The van der Waals surface area contributed by atoms with E-state index in [4.69, 9.17) is 12.2 Å². The molecule has 3 aromatic rings. The molecular formula is C21H19N3OS2. The zero-order chi connectivity index (χ0) is 19.1. The van der Waals surface area contributed by atoms with Gasteiger partial charge in [0.15, 0.2) is 3.95 Å². The Morgan fingerprint density at radius 1 is 1.11 bits per heavy atom. The first-order valence-corrected chi connectivity index (χ1v) is 9.77. The van der Waals surface area contributed by atoms with Gasteiger partial charge in [-0.1, -0.05) is 18.2 Å². The van der Waals surface area contributed by atoms with Gasteiger partial charge < -0.3 is 10.0 Å². The maximum absolute atomic E-state index is 10.8. The van der Waals surface area contributed by atoms with E-state index in [0.29, 0.717) is 3.95 Å². The van der Waals surface area contributed by atoms with Crippen molar-refractivity contribution in [2.45, 2.75) is 6.92 Å². The molecular weight excluding hydrogens is 374 g/mol. The van der Waals surface area contributed by atoms with E-state index in [2.05, 4.69) is 11.1 Å². The Hall–Kier alpha value is -2.70. The number of benzene rings is 2. The number of aromatic nitrogens is 1. The minimum Gasteiger partial charge on any atom is -0.493 e. The monoisotopic (exact) mass is 393 g/mol. The van der Waals surface area contributed by atoms with Gasteiger partial charge in [-0.2, -0.15) is 0 Å². The Bertz CT molecular complexity index is 1130. The molecule has 4 rings (SSSR count). The third kappa shape index (κ3) is 3.11. The Morgan fingerprint density at radius 3 is 2.52 bits per heavy atom. The van der Waals surface area contributed by atoms with Crippen LogP contribution in [0.2, 0.25) is 0 Å². The van der Waals surface area contributed by atoms with Crippen LogP contribution in [0.4, 0.5) is 11.4 Å². The van der Waals surface area contributed by atoms with Crippen molar-refractivity contribution in [1.29, 1.82) is 0 Å². The Balaban J connectivity index is 1.78. The zero-order valence-corrected chi connectivity index (χ0v) is 16.9. The third-order valence-corrected chi connectivity index (χ3v) is 5.89. The predicted octanol–water partition coefficient (Wildman–Crippen LogP) is 5.69. The van der Waals surface area contributed by atoms with Crippen LogP contribution in [-0.4, -0.2) is 29.5 Å². The molecule has 2 heterocycles. The molecule has 0 amide bonds. The highest BCUT2D eigenvalue weighted by molar-refractivity contribution is 7.73. The zero-order valence-electron chi connectivity index (χ0n) is 15.3. The van der Waals surface area contributed by atoms with Crippen LogP contribution >= 0.6 is 23.6 Å². The number of aromatic hydroxyl groups is 1. The largest absolute Gasteiger partial charge is 0.493 e. The molecule has 0 bridgehead atoms. The van der Waals surface area contributed by atoms with Crippen molar-refractivity contribution >= 4 is 52.3 Å². The lowest BCUT2D eigenvalue weighted by atomic mass is 10.0. The normalized spacial score (nSPS) is 14.3. The summed E-state index contributed by atoms with van der Waals surface area (Å²) in [4.78, 5) is 7.37. The van der Waals surface area contributed by atoms with E-state index in [0.717, 1.165) is 38.8 Å². The summed E-state index contributed by atoms with van der Waals surface area (Å²) in [5, 5.41) is 10.8. The Labute approximate surface area is 167 Å². The van der Waals surface area contributed by atoms with Gasteiger partial charge in [0.2, 0.25) is 5.88 Å². The maximum Gasteiger partial charge on any atom is 0.215 e. The van der Waals surface area contributed by atoms with Gasteiger partial charge in [0.05, 0.1) is 16.3 Å². The number of nitrogens with zero attached hydrogens (tertiary/aromatic N) is 3. The van der Waals surface area contributed by atoms with Crippen LogP contribution in [0.15, 0.2) is 53.5 Å². The number of hydrogen-bond acceptors (Lipinski definition) is 5. The average Bonchev–Trinajstić information content (AvgIpc) is 3.11. The molecule has 136 valence electrons. The van der Waals surface area contributed by atoms with Crippen molar-refractivity contribution in [3.8, 4) is 11.6 Å². The van der Waals surface area contributed by atoms with Crippen molar-refractivity contribution in [3.63, 3.8) is 0 Å². The van der Waals surface area contributed by atoms with Crippen LogP contribution < -0.4 is 4.90 Å². The highest BCUT2D eigenvalue weighted by Crippen LogP contribution is 2.39. The van der Waals surface area contributed by atoms with Gasteiger partial charge in [0.1, 0.15) is 0 Å².